The van der Waals surface area contributed by atoms with Crippen molar-refractivity contribution in [2.24, 2.45) is 0 Å². The van der Waals surface area contributed by atoms with Gasteiger partial charge in [-0.25, -0.2) is 0 Å². The minimum Gasteiger partial charge on any atom is -0.376 e. The van der Waals surface area contributed by atoms with E-state index in [9.17, 15) is 14.4 Å². The minimum atomic E-state index is -0.573. The smallest absolute Gasteiger partial charge is 0.255 e. The molecule has 2 saturated heterocycles. The lowest BCUT2D eigenvalue weighted by Crippen LogP contribution is -2.62. The molecule has 1 aromatic rings. The van der Waals surface area contributed by atoms with E-state index in [1.54, 1.807) is 4.90 Å². The summed E-state index contributed by atoms with van der Waals surface area (Å²) in [7, 11) is 2.17. The number of piperidine rings is 1. The standard InChI is InChI=1S/C25H34N4O4/c1-3-33-18-14-28(15-18)21-7-5-4-6-20(21)27(2)17-8-9-19-16(12-17)13-29(25(19)32)22-10-11-23(30)26-24(22)31/h8-9,12,18,20-22H,3-7,10-11,13-15H2,1-2H3,(H,26,30,31)/t20-,21+,22?/m1/s1. The number of rotatable bonds is 6. The Morgan fingerprint density at radius 2 is 1.91 bits per heavy atom. The summed E-state index contributed by atoms with van der Waals surface area (Å²) >= 11 is 0. The van der Waals surface area contributed by atoms with E-state index in [1.807, 2.05) is 12.1 Å². The monoisotopic (exact) mass is 454 g/mol. The maximum atomic E-state index is 13.0. The van der Waals surface area contributed by atoms with Crippen LogP contribution in [-0.4, -0.2) is 78.5 Å². The van der Waals surface area contributed by atoms with Crippen molar-refractivity contribution >= 4 is 23.4 Å². The molecule has 1 saturated carbocycles. The Morgan fingerprint density at radius 1 is 1.12 bits per heavy atom. The zero-order valence-electron chi connectivity index (χ0n) is 19.6. The Balaban J connectivity index is 1.30. The number of nitrogens with zero attached hydrogens (tertiary/aromatic N) is 3. The van der Waals surface area contributed by atoms with E-state index in [4.69, 9.17) is 4.74 Å². The molecule has 1 unspecified atom stereocenters. The van der Waals surface area contributed by atoms with Gasteiger partial charge in [0, 0.05) is 63.0 Å². The number of hydrogen-bond donors (Lipinski definition) is 1. The summed E-state index contributed by atoms with van der Waals surface area (Å²) in [5.74, 6) is -0.748. The van der Waals surface area contributed by atoms with E-state index in [1.165, 1.54) is 19.3 Å². The summed E-state index contributed by atoms with van der Waals surface area (Å²) < 4.78 is 5.77. The van der Waals surface area contributed by atoms with Crippen LogP contribution in [0.25, 0.3) is 0 Å². The third kappa shape index (κ3) is 4.15. The quantitative estimate of drug-likeness (QED) is 0.662. The fourth-order valence-corrected chi connectivity index (χ4v) is 6.02. The zero-order valence-corrected chi connectivity index (χ0v) is 19.6. The van der Waals surface area contributed by atoms with Crippen LogP contribution in [0.5, 0.6) is 0 Å². The topological polar surface area (TPSA) is 82.2 Å². The highest BCUT2D eigenvalue weighted by Gasteiger charge is 2.41. The molecule has 178 valence electrons. The number of benzene rings is 1. The molecule has 4 aliphatic rings. The summed E-state index contributed by atoms with van der Waals surface area (Å²) in [5, 5.41) is 2.37. The molecule has 3 heterocycles. The highest BCUT2D eigenvalue weighted by molar-refractivity contribution is 6.05. The molecule has 8 heteroatoms. The van der Waals surface area contributed by atoms with Crippen LogP contribution in [0.1, 0.15) is 61.4 Å². The SMILES string of the molecule is CCOC1CN([C@H]2CCCC[C@H]2N(C)c2ccc3c(c2)CN(C2CCC(=O)NC2=O)C3=O)C1. The summed E-state index contributed by atoms with van der Waals surface area (Å²) in [4.78, 5) is 43.4. The van der Waals surface area contributed by atoms with Crippen LogP contribution in [0.4, 0.5) is 5.69 Å². The van der Waals surface area contributed by atoms with Crippen molar-refractivity contribution in [3.05, 3.63) is 29.3 Å². The molecule has 0 bridgehead atoms. The largest absolute Gasteiger partial charge is 0.376 e. The van der Waals surface area contributed by atoms with Crippen molar-refractivity contribution in [1.82, 2.24) is 15.1 Å². The van der Waals surface area contributed by atoms with Crippen molar-refractivity contribution in [1.29, 1.82) is 0 Å². The fraction of sp³-hybridized carbons (Fsp3) is 0.640. The molecule has 3 atom stereocenters. The average Bonchev–Trinajstić information content (AvgIpc) is 3.11. The van der Waals surface area contributed by atoms with Crippen molar-refractivity contribution in [3.63, 3.8) is 0 Å². The number of imide groups is 1. The van der Waals surface area contributed by atoms with Gasteiger partial charge in [0.2, 0.25) is 11.8 Å². The normalized spacial score (nSPS) is 28.5. The van der Waals surface area contributed by atoms with Gasteiger partial charge in [0.25, 0.3) is 5.91 Å². The summed E-state index contributed by atoms with van der Waals surface area (Å²) in [6, 6.07) is 6.44. The first kappa shape index (κ1) is 22.3. The molecular formula is C25H34N4O4. The van der Waals surface area contributed by atoms with Gasteiger partial charge in [-0.1, -0.05) is 12.8 Å². The number of ether oxygens (including phenoxy) is 1. The van der Waals surface area contributed by atoms with Crippen LogP contribution in [0.2, 0.25) is 0 Å². The second-order valence-electron chi connectivity index (χ2n) is 9.80. The molecule has 1 aromatic carbocycles. The van der Waals surface area contributed by atoms with Crippen LogP contribution in [-0.2, 0) is 20.9 Å². The first-order valence-corrected chi connectivity index (χ1v) is 12.3. The van der Waals surface area contributed by atoms with Crippen molar-refractivity contribution in [2.75, 3.05) is 31.6 Å². The van der Waals surface area contributed by atoms with Gasteiger partial charge in [-0.15, -0.1) is 0 Å². The maximum absolute atomic E-state index is 13.0. The molecule has 0 spiro atoms. The molecule has 8 nitrogen and oxygen atoms in total. The lowest BCUT2D eigenvalue weighted by atomic mass is 9.86. The number of anilines is 1. The Labute approximate surface area is 195 Å². The van der Waals surface area contributed by atoms with Crippen molar-refractivity contribution in [3.8, 4) is 0 Å². The summed E-state index contributed by atoms with van der Waals surface area (Å²) in [5.41, 5.74) is 2.74. The number of carbonyl (C=O) groups excluding carboxylic acids is 3. The van der Waals surface area contributed by atoms with E-state index in [2.05, 4.69) is 35.2 Å². The second kappa shape index (κ2) is 9.06. The third-order valence-corrected chi connectivity index (χ3v) is 7.85. The van der Waals surface area contributed by atoms with Gasteiger partial charge in [-0.3, -0.25) is 24.6 Å². The molecule has 0 aromatic heterocycles. The molecular weight excluding hydrogens is 420 g/mol. The summed E-state index contributed by atoms with van der Waals surface area (Å²) in [6.07, 6.45) is 5.90. The minimum absolute atomic E-state index is 0.119. The van der Waals surface area contributed by atoms with E-state index in [0.717, 1.165) is 37.4 Å². The molecule has 1 N–H and O–H groups in total. The summed E-state index contributed by atoms with van der Waals surface area (Å²) in [6.45, 7) is 5.28. The van der Waals surface area contributed by atoms with Crippen LogP contribution in [0, 0.1) is 0 Å². The molecule has 0 radical (unpaired) electrons. The number of likely N-dealkylation sites (tertiary alicyclic amines) is 1. The van der Waals surface area contributed by atoms with Crippen LogP contribution in [0.15, 0.2) is 18.2 Å². The van der Waals surface area contributed by atoms with Crippen LogP contribution in [0.3, 0.4) is 0 Å². The molecule has 3 aliphatic heterocycles. The van der Waals surface area contributed by atoms with Crippen LogP contribution < -0.4 is 10.2 Å². The third-order valence-electron chi connectivity index (χ3n) is 7.85. The number of carbonyl (C=O) groups is 3. The Kier molecular flexibility index (Phi) is 6.14. The Bertz CT molecular complexity index is 944. The van der Waals surface area contributed by atoms with E-state index in [-0.39, 0.29) is 24.1 Å². The first-order chi connectivity index (χ1) is 16.0. The van der Waals surface area contributed by atoms with Crippen molar-refractivity contribution in [2.45, 2.75) is 76.2 Å². The highest BCUT2D eigenvalue weighted by atomic mass is 16.5. The van der Waals surface area contributed by atoms with E-state index in [0.29, 0.717) is 36.7 Å². The van der Waals surface area contributed by atoms with E-state index >= 15 is 0 Å². The molecule has 3 fully saturated rings. The predicted octanol–water partition coefficient (Wildman–Crippen LogP) is 1.92. The number of amides is 3. The Hall–Kier alpha value is -2.45. The lowest BCUT2D eigenvalue weighted by Gasteiger charge is -2.50. The first-order valence-electron chi connectivity index (χ1n) is 12.3. The second-order valence-corrected chi connectivity index (χ2v) is 9.80. The van der Waals surface area contributed by atoms with Gasteiger partial charge < -0.3 is 14.5 Å². The van der Waals surface area contributed by atoms with E-state index < -0.39 is 6.04 Å². The number of nitrogens with one attached hydrogen (secondary N) is 1. The van der Waals surface area contributed by atoms with Gasteiger partial charge in [0.1, 0.15) is 6.04 Å². The number of likely N-dealkylation sites (N-methyl/N-ethyl adjacent to an activating group) is 1. The van der Waals surface area contributed by atoms with Gasteiger partial charge in [-0.05, 0) is 49.9 Å². The van der Waals surface area contributed by atoms with Crippen LogP contribution >= 0.6 is 0 Å². The van der Waals surface area contributed by atoms with Gasteiger partial charge in [0.15, 0.2) is 0 Å². The molecule has 1 aliphatic carbocycles. The van der Waals surface area contributed by atoms with Gasteiger partial charge in [-0.2, -0.15) is 0 Å². The lowest BCUT2D eigenvalue weighted by molar-refractivity contribution is -0.136. The molecule has 3 amide bonds. The molecule has 33 heavy (non-hydrogen) atoms. The van der Waals surface area contributed by atoms with Gasteiger partial charge >= 0.3 is 0 Å². The average molecular weight is 455 g/mol. The Morgan fingerprint density at radius 3 is 2.67 bits per heavy atom. The molecule has 5 rings (SSSR count). The number of hydrogen-bond acceptors (Lipinski definition) is 6. The number of fused-ring (bicyclic) bond motifs is 1. The van der Waals surface area contributed by atoms with Crippen molar-refractivity contribution < 1.29 is 19.1 Å². The fourth-order valence-electron chi connectivity index (χ4n) is 6.02. The predicted molar refractivity (Wildman–Crippen MR) is 124 cm³/mol. The highest BCUT2D eigenvalue weighted by Crippen LogP contribution is 2.35. The van der Waals surface area contributed by atoms with Gasteiger partial charge in [0.05, 0.1) is 6.10 Å². The maximum Gasteiger partial charge on any atom is 0.255 e. The zero-order chi connectivity index (χ0) is 23.1.